The number of aromatic nitrogens is 12. The number of imidazole rings is 4. The zero-order valence-corrected chi connectivity index (χ0v) is 92.0. The second kappa shape index (κ2) is 63.9. The second-order valence-corrected chi connectivity index (χ2v) is 47.9. The number of hydrogen-bond acceptors (Lipinski definition) is 30. The van der Waals surface area contributed by atoms with Crippen molar-refractivity contribution in [2.75, 3.05) is 78.4 Å². The molecule has 0 aliphatic rings. The number of carboxylic acid groups (broad SMARTS) is 1. The van der Waals surface area contributed by atoms with Crippen LogP contribution < -0.4 is 15.8 Å². The van der Waals surface area contributed by atoms with Gasteiger partial charge in [0.25, 0.3) is 0 Å². The molecular weight excluding hydrogens is 2250 g/mol. The van der Waals surface area contributed by atoms with Gasteiger partial charge in [0, 0.05) is 107 Å². The summed E-state index contributed by atoms with van der Waals surface area (Å²) in [6.07, 6.45) is 23.9. The van der Waals surface area contributed by atoms with Gasteiger partial charge >= 0.3 is 173 Å². The van der Waals surface area contributed by atoms with Crippen LogP contribution in [0.4, 0.5) is 11.6 Å². The summed E-state index contributed by atoms with van der Waals surface area (Å²) in [5.74, 6) is -2.82. The standard InChI is InChI=1S/C14H16N2O3.C12H12N2O3.C11H15BrN2O2.C10H9BrN2O2.C10H10N2O3.C7H7BrN2O2.C7H6BrNO3.C7H6BrNO2.C4H7O.3C4H9.C2H3ClO.Sn/c1-4-18-10(3)11-8-12(14(17)19-5-2)16-7-6-15-13(16)9-11;1-3-17-12(16)10-6-9(8(2)15)7-11-13-4-5-14(10)11;1-11(2,3)14-9-6-7(12)5-8(13-9)10(15)16-4;1-2-15-10(14)8-5-7(11)6-9-12-3-4-13(8)9;1-6(13)7-4-8(10(14)15)12-3-2-11-9(12)5-7;1-12-7(11)5-2-4(8)3-6(9)10-5;1-12-7(10)6-4-5(8)2-3-9(6)11;1-11-7(10)6-4-5(8)2-3-9-6;1-3-5-4-2;3*1-3-4-2;3-1-2-4;/h6-9H,3-5H2,1-2H3;4-7H,3H2,1-2H3;5-6H,1-4H3,(H,13,14);3-6H,2H2,1H3;2-6,13H,1H3,(H,14,15);2-3H,1H3,(H2,9,10);2-4H,1H3;2-4H,1H3;1,4H2,2H3;3*1,3-4H2,2H3;2H,1H2;. The summed E-state index contributed by atoms with van der Waals surface area (Å²) in [6.45, 7) is 35.8. The first-order chi connectivity index (χ1) is 66.0. The summed E-state index contributed by atoms with van der Waals surface area (Å²) in [5.41, 5.74) is 11.5. The van der Waals surface area contributed by atoms with Gasteiger partial charge in [-0.15, -0.1) is 11.6 Å². The van der Waals surface area contributed by atoms with Gasteiger partial charge in [0.2, 0.25) is 0 Å². The summed E-state index contributed by atoms with van der Waals surface area (Å²) in [7, 11) is 5.18. The number of nitrogens with one attached hydrogen (secondary N) is 1. The molecule has 12 aromatic heterocycles. The predicted octanol–water partition coefficient (Wildman–Crippen LogP) is 20.5. The minimum absolute atomic E-state index is 0.0353. The topological polar surface area (TPSA) is 467 Å². The molecule has 12 aromatic rings. The number of nitrogens with two attached hydrogens (primary N) is 1. The predicted molar refractivity (Wildman–Crippen MR) is 549 cm³/mol. The number of aldehydes is 1. The van der Waals surface area contributed by atoms with E-state index in [-0.39, 0.29) is 51.8 Å². The van der Waals surface area contributed by atoms with Gasteiger partial charge in [-0.2, -0.15) is 4.73 Å². The Kier molecular flexibility index (Phi) is 55.9. The molecule has 5 N–H and O–H groups in total. The van der Waals surface area contributed by atoms with E-state index < -0.39 is 66.3 Å². The number of nitrogens with zero attached hydrogens (tertiary/aromatic N) is 12. The zero-order valence-electron chi connectivity index (χ0n) is 80.5. The SMILES string of the molecule is C=C(OCC)c1cc(C(=O)OCC)n2ccnc2c1.C=[C](OCC)[Sn]([CH2]CCC)([CH2]CCC)[CH2]CCC.CC(O)c1cc(C(=O)O)n2ccnc2c1.CCOC(=O)c1cc(Br)cc2nccn12.CCOC(=O)c1cc(C(C)=O)cc2nccn12.COC(=O)c1cc(Br)cc(N)n1.COC(=O)c1cc(Br)cc(NC(C)(C)C)n1.COC(=O)c1cc(Br)cc[n+]1[O-].COC(=O)c1cc(Br)ccn1.O=CCCl. The number of esters is 7. The molecule has 139 heavy (non-hydrogen) atoms. The van der Waals surface area contributed by atoms with Crippen LogP contribution in [0.25, 0.3) is 28.3 Å². The summed E-state index contributed by atoms with van der Waals surface area (Å²) >= 11 is 18.8. The van der Waals surface area contributed by atoms with Crippen LogP contribution in [0.5, 0.6) is 0 Å². The molecule has 12 heterocycles. The fourth-order valence-electron chi connectivity index (χ4n) is 12.1. The third-order valence-electron chi connectivity index (χ3n) is 18.5. The number of methoxy groups -OCH3 is 4. The largest absolute Gasteiger partial charge is 0.618 e. The number of nitrogen functional groups attached to an aromatic ring is 1. The molecule has 0 spiro atoms. The van der Waals surface area contributed by atoms with Gasteiger partial charge in [-0.05, 0) is 153 Å². The van der Waals surface area contributed by atoms with Crippen molar-refractivity contribution >= 4 is 209 Å². The van der Waals surface area contributed by atoms with Gasteiger partial charge in [-0.3, -0.25) is 22.4 Å². The molecule has 0 aliphatic heterocycles. The summed E-state index contributed by atoms with van der Waals surface area (Å²) in [4.78, 5) is 139. The first-order valence-electron chi connectivity index (χ1n) is 43.4. The van der Waals surface area contributed by atoms with Crippen LogP contribution in [-0.2, 0) is 47.4 Å². The van der Waals surface area contributed by atoms with E-state index in [1.54, 1.807) is 145 Å². The number of rotatable bonds is 30. The molecule has 0 saturated carbocycles. The molecule has 0 amide bonds. The van der Waals surface area contributed by atoms with Crippen molar-refractivity contribution < 1.29 is 106 Å². The Morgan fingerprint density at radius 2 is 0.899 bits per heavy atom. The fourth-order valence-corrected chi connectivity index (χ4v) is 28.7. The molecule has 12 rings (SSSR count). The Morgan fingerprint density at radius 1 is 0.504 bits per heavy atom. The molecule has 0 aliphatic carbocycles. The van der Waals surface area contributed by atoms with Crippen molar-refractivity contribution in [2.24, 2.45) is 0 Å². The Morgan fingerprint density at radius 3 is 1.31 bits per heavy atom. The number of fused-ring (bicyclic) bond motifs is 4. The molecule has 0 fully saturated rings. The van der Waals surface area contributed by atoms with Gasteiger partial charge < -0.3 is 69.2 Å². The maximum Gasteiger partial charge on any atom is 0.404 e. The smallest absolute Gasteiger partial charge is 0.404 e. The van der Waals surface area contributed by atoms with E-state index in [1.807, 2.05) is 45.9 Å². The minimum atomic E-state index is -2.24. The van der Waals surface area contributed by atoms with E-state index in [2.05, 4.69) is 180 Å². The van der Waals surface area contributed by atoms with E-state index in [9.17, 15) is 53.5 Å². The van der Waals surface area contributed by atoms with Crippen molar-refractivity contribution in [3.05, 3.63) is 266 Å². The van der Waals surface area contributed by atoms with E-state index in [1.165, 1.54) is 132 Å². The van der Waals surface area contributed by atoms with Gasteiger partial charge in [0.1, 0.15) is 74.7 Å². The number of carbonyl (C=O) groups is 10. The van der Waals surface area contributed by atoms with E-state index in [4.69, 9.17) is 50.9 Å². The number of ketones is 1. The Bertz CT molecular complexity index is 6030. The number of carbonyl (C=O) groups excluding carboxylic acids is 9. The van der Waals surface area contributed by atoms with Crippen molar-refractivity contribution in [3.8, 4) is 0 Å². The normalized spacial score (nSPS) is 10.6. The molecule has 1 atom stereocenters. The van der Waals surface area contributed by atoms with E-state index >= 15 is 0 Å². The van der Waals surface area contributed by atoms with Crippen LogP contribution in [0, 0.1) is 5.21 Å². The van der Waals surface area contributed by atoms with Crippen LogP contribution in [-0.4, -0.2) is 214 Å². The second-order valence-electron chi connectivity index (χ2n) is 29.8. The zero-order chi connectivity index (χ0) is 104. The van der Waals surface area contributed by atoms with Gasteiger partial charge in [0.15, 0.2) is 23.4 Å². The number of aliphatic hydroxyl groups excluding tert-OH is 1. The number of alkyl halides is 1. The monoisotopic (exact) mass is 2370 g/mol. The van der Waals surface area contributed by atoms with Crippen LogP contribution in [0.2, 0.25) is 13.3 Å². The minimum Gasteiger partial charge on any atom is -0.618 e. The first kappa shape index (κ1) is 122. The number of unbranched alkanes of at least 4 members (excludes halogenated alkanes) is 3. The number of aliphatic hydroxyl groups is 1. The maximum absolute atomic E-state index is 11.9. The van der Waals surface area contributed by atoms with E-state index in [0.717, 1.165) is 25.6 Å². The summed E-state index contributed by atoms with van der Waals surface area (Å²) < 4.78 is 60.5. The average Bonchev–Trinajstić information content (AvgIpc) is 1.69. The van der Waals surface area contributed by atoms with Crippen molar-refractivity contribution in [1.29, 1.82) is 0 Å². The van der Waals surface area contributed by atoms with Gasteiger partial charge in [-0.1, -0.05) is 86.2 Å². The van der Waals surface area contributed by atoms with E-state index in [0.29, 0.717) is 114 Å². The van der Waals surface area contributed by atoms with Gasteiger partial charge in [-0.25, -0.2) is 73.2 Å². The maximum atomic E-state index is 11.9. The van der Waals surface area contributed by atoms with Crippen LogP contribution in [0.1, 0.15) is 240 Å². The third kappa shape index (κ3) is 41.4. The number of ether oxygens (including phenoxy) is 9. The first-order valence-corrected chi connectivity index (χ1v) is 55.3. The Balaban J connectivity index is 0.000000402. The number of carboxylic acids is 1. The van der Waals surface area contributed by atoms with Crippen LogP contribution in [0.3, 0.4) is 0 Å². The quantitative estimate of drug-likeness (QED) is 0.00374. The summed E-state index contributed by atoms with van der Waals surface area (Å²) in [6, 6.07) is 26.2. The molecule has 1 unspecified atom stereocenters. The Labute approximate surface area is 858 Å². The number of aromatic carboxylic acids is 1. The number of pyridine rings is 8. The molecule has 0 radical (unpaired) electrons. The number of Topliss-reactive ketones (excluding diaryl/α,β-unsaturated/α-hetero) is 1. The number of halogens is 6. The average molecular weight is 2370 g/mol. The number of hydrogen-bond donors (Lipinski definition) is 4. The molecule has 0 aromatic carbocycles. The fraction of sp³-hybridized carbons (Fsp3) is 0.354. The summed E-state index contributed by atoms with van der Waals surface area (Å²) in [5, 5.41) is 32.5. The third-order valence-corrected chi connectivity index (χ3v) is 36.0. The van der Waals surface area contributed by atoms with Crippen molar-refractivity contribution in [3.63, 3.8) is 0 Å². The molecule has 750 valence electrons. The molecular formula is C96H118Br5ClN14O22Sn. The Hall–Kier alpha value is -11.6. The molecule has 0 bridgehead atoms. The van der Waals surface area contributed by atoms with Crippen molar-refractivity contribution in [2.45, 2.75) is 153 Å². The molecule has 0 saturated heterocycles. The van der Waals surface area contributed by atoms with Crippen LogP contribution in [0.15, 0.2) is 198 Å². The van der Waals surface area contributed by atoms with Crippen LogP contribution >= 0.6 is 91.3 Å². The molecule has 43 heteroatoms. The molecule has 36 nitrogen and oxygen atoms in total. The van der Waals surface area contributed by atoms with Crippen molar-refractivity contribution in [1.82, 2.24) is 52.5 Å². The van der Waals surface area contributed by atoms with Gasteiger partial charge in [0.05, 0.1) is 66.9 Å². The number of anilines is 2.